The van der Waals surface area contributed by atoms with Gasteiger partial charge < -0.3 is 10.3 Å². The highest BCUT2D eigenvalue weighted by Gasteiger charge is 2.08. The summed E-state index contributed by atoms with van der Waals surface area (Å²) in [6, 6.07) is 10.8. The molecule has 2 heterocycles. The molecular weight excluding hydrogens is 308 g/mol. The number of H-pyrrole nitrogens is 1. The summed E-state index contributed by atoms with van der Waals surface area (Å²) in [5.41, 5.74) is 2.19. The second-order valence-corrected chi connectivity index (χ2v) is 5.66. The van der Waals surface area contributed by atoms with Gasteiger partial charge in [-0.2, -0.15) is 0 Å². The van der Waals surface area contributed by atoms with Gasteiger partial charge in [0.15, 0.2) is 10.8 Å². The van der Waals surface area contributed by atoms with Gasteiger partial charge in [-0.3, -0.25) is 4.79 Å². The van der Waals surface area contributed by atoms with E-state index < -0.39 is 0 Å². The Bertz CT molecular complexity index is 756. The first-order chi connectivity index (χ1) is 10.2. The number of hydrogen-bond acceptors (Lipinski definition) is 4. The number of aromatic amines is 1. The quantitative estimate of drug-likeness (QED) is 0.724. The molecule has 0 fully saturated rings. The van der Waals surface area contributed by atoms with Crippen molar-refractivity contribution in [2.24, 2.45) is 0 Å². The molecule has 21 heavy (non-hydrogen) atoms. The van der Waals surface area contributed by atoms with E-state index in [1.165, 1.54) is 11.8 Å². The van der Waals surface area contributed by atoms with Crippen LogP contribution in [0.25, 0.3) is 11.2 Å². The van der Waals surface area contributed by atoms with E-state index in [-0.39, 0.29) is 11.7 Å². The molecule has 0 bridgehead atoms. The minimum Gasteiger partial charge on any atom is -0.332 e. The number of fused-ring (bicyclic) bond motifs is 1. The standard InChI is InChI=1S/C14H11ClN4OS/c15-9-3-1-4-10(7-9)17-12(20)8-21-14-18-11-5-2-6-16-13(11)19-14/h1-7H,8H2,(H,17,20)(H,16,18,19). The van der Waals surface area contributed by atoms with Gasteiger partial charge in [-0.15, -0.1) is 0 Å². The third kappa shape index (κ3) is 3.53. The van der Waals surface area contributed by atoms with Crippen LogP contribution in [0.15, 0.2) is 47.8 Å². The number of nitrogens with one attached hydrogen (secondary N) is 2. The normalized spacial score (nSPS) is 10.7. The molecule has 1 amide bonds. The Hall–Kier alpha value is -2.05. The number of hydrogen-bond donors (Lipinski definition) is 2. The largest absolute Gasteiger partial charge is 0.332 e. The zero-order valence-corrected chi connectivity index (χ0v) is 12.4. The molecule has 0 saturated carbocycles. The topological polar surface area (TPSA) is 70.7 Å². The van der Waals surface area contributed by atoms with Crippen molar-refractivity contribution in [1.29, 1.82) is 0 Å². The van der Waals surface area contributed by atoms with Crippen LogP contribution in [0.2, 0.25) is 5.02 Å². The van der Waals surface area contributed by atoms with Crippen molar-refractivity contribution in [2.45, 2.75) is 5.16 Å². The van der Waals surface area contributed by atoms with Crippen LogP contribution in [0.4, 0.5) is 5.69 Å². The zero-order valence-electron chi connectivity index (χ0n) is 10.8. The Morgan fingerprint density at radius 3 is 3.05 bits per heavy atom. The van der Waals surface area contributed by atoms with Gasteiger partial charge in [0.2, 0.25) is 5.91 Å². The number of halogens is 1. The van der Waals surface area contributed by atoms with E-state index in [0.29, 0.717) is 21.5 Å². The molecule has 0 aliphatic heterocycles. The van der Waals surface area contributed by atoms with Crippen LogP contribution >= 0.6 is 23.4 Å². The predicted molar refractivity (Wildman–Crippen MR) is 84.7 cm³/mol. The number of aromatic nitrogens is 3. The zero-order chi connectivity index (χ0) is 14.7. The minimum absolute atomic E-state index is 0.115. The van der Waals surface area contributed by atoms with Crippen molar-refractivity contribution >= 4 is 46.1 Å². The number of amides is 1. The lowest BCUT2D eigenvalue weighted by molar-refractivity contribution is -0.113. The maximum atomic E-state index is 11.9. The third-order valence-electron chi connectivity index (χ3n) is 2.68. The number of carbonyl (C=O) groups excluding carboxylic acids is 1. The molecule has 5 nitrogen and oxygen atoms in total. The summed E-state index contributed by atoms with van der Waals surface area (Å²) in [4.78, 5) is 23.4. The van der Waals surface area contributed by atoms with Gasteiger partial charge in [-0.05, 0) is 30.3 Å². The molecule has 2 aromatic heterocycles. The molecule has 0 aliphatic carbocycles. The van der Waals surface area contributed by atoms with Crippen LogP contribution in [0.5, 0.6) is 0 Å². The Kier molecular flexibility index (Phi) is 4.08. The average molecular weight is 319 g/mol. The van der Waals surface area contributed by atoms with Crippen molar-refractivity contribution in [3.8, 4) is 0 Å². The highest BCUT2D eigenvalue weighted by atomic mass is 35.5. The van der Waals surface area contributed by atoms with Crippen LogP contribution in [-0.4, -0.2) is 26.6 Å². The van der Waals surface area contributed by atoms with E-state index in [0.717, 1.165) is 5.52 Å². The fraction of sp³-hybridized carbons (Fsp3) is 0.0714. The van der Waals surface area contributed by atoms with Crippen LogP contribution < -0.4 is 5.32 Å². The number of nitrogens with zero attached hydrogens (tertiary/aromatic N) is 2. The highest BCUT2D eigenvalue weighted by Crippen LogP contribution is 2.19. The smallest absolute Gasteiger partial charge is 0.234 e. The second-order valence-electron chi connectivity index (χ2n) is 4.26. The number of imidazole rings is 1. The first kappa shape index (κ1) is 13.9. The molecule has 0 atom stereocenters. The summed E-state index contributed by atoms with van der Waals surface area (Å²) in [6.45, 7) is 0. The molecule has 2 N–H and O–H groups in total. The van der Waals surface area contributed by atoms with Gasteiger partial charge in [-0.25, -0.2) is 9.97 Å². The molecule has 1 aromatic carbocycles. The summed E-state index contributed by atoms with van der Waals surface area (Å²) >= 11 is 7.19. The monoisotopic (exact) mass is 318 g/mol. The Morgan fingerprint density at radius 1 is 1.33 bits per heavy atom. The molecule has 0 unspecified atom stereocenters. The first-order valence-corrected chi connectivity index (χ1v) is 7.56. The van der Waals surface area contributed by atoms with Crippen LogP contribution in [0.1, 0.15) is 0 Å². The molecular formula is C14H11ClN4OS. The Morgan fingerprint density at radius 2 is 2.24 bits per heavy atom. The maximum Gasteiger partial charge on any atom is 0.234 e. The fourth-order valence-corrected chi connectivity index (χ4v) is 2.65. The van der Waals surface area contributed by atoms with Crippen LogP contribution in [0, 0.1) is 0 Å². The summed E-state index contributed by atoms with van der Waals surface area (Å²) < 4.78 is 0. The summed E-state index contributed by atoms with van der Waals surface area (Å²) in [6.07, 6.45) is 1.68. The maximum absolute atomic E-state index is 11.9. The Balaban J connectivity index is 1.60. The third-order valence-corrected chi connectivity index (χ3v) is 3.79. The van der Waals surface area contributed by atoms with E-state index in [4.69, 9.17) is 11.6 Å². The number of thioether (sulfide) groups is 1. The lowest BCUT2D eigenvalue weighted by Crippen LogP contribution is -2.14. The fourth-order valence-electron chi connectivity index (χ4n) is 1.79. The molecule has 0 saturated heterocycles. The van der Waals surface area contributed by atoms with E-state index in [1.54, 1.807) is 30.5 Å². The van der Waals surface area contributed by atoms with Gasteiger partial charge in [0.25, 0.3) is 0 Å². The number of rotatable bonds is 4. The Labute approximate surface area is 130 Å². The molecule has 0 radical (unpaired) electrons. The molecule has 0 spiro atoms. The second kappa shape index (κ2) is 6.15. The van der Waals surface area contributed by atoms with Gasteiger partial charge in [0.05, 0.1) is 11.3 Å². The lowest BCUT2D eigenvalue weighted by atomic mass is 10.3. The molecule has 0 aliphatic rings. The number of benzene rings is 1. The number of pyridine rings is 1. The van der Waals surface area contributed by atoms with Crippen LogP contribution in [0.3, 0.4) is 0 Å². The van der Waals surface area contributed by atoms with Crippen LogP contribution in [-0.2, 0) is 4.79 Å². The number of carbonyl (C=O) groups is 1. The van der Waals surface area contributed by atoms with Gasteiger partial charge in [0, 0.05) is 16.9 Å². The minimum atomic E-state index is -0.115. The van der Waals surface area contributed by atoms with Crippen molar-refractivity contribution in [3.63, 3.8) is 0 Å². The van der Waals surface area contributed by atoms with E-state index >= 15 is 0 Å². The summed E-state index contributed by atoms with van der Waals surface area (Å²) in [5.74, 6) is 0.141. The van der Waals surface area contributed by atoms with Crippen molar-refractivity contribution in [2.75, 3.05) is 11.1 Å². The summed E-state index contributed by atoms with van der Waals surface area (Å²) in [7, 11) is 0. The molecule has 3 aromatic rings. The molecule has 106 valence electrons. The lowest BCUT2D eigenvalue weighted by Gasteiger charge is -2.04. The number of anilines is 1. The van der Waals surface area contributed by atoms with Crippen molar-refractivity contribution < 1.29 is 4.79 Å². The van der Waals surface area contributed by atoms with E-state index in [2.05, 4.69) is 20.3 Å². The summed E-state index contributed by atoms with van der Waals surface area (Å²) in [5, 5.41) is 4.04. The van der Waals surface area contributed by atoms with Crippen molar-refractivity contribution in [1.82, 2.24) is 15.0 Å². The van der Waals surface area contributed by atoms with Gasteiger partial charge in [-0.1, -0.05) is 29.4 Å². The average Bonchev–Trinajstić information content (AvgIpc) is 2.88. The van der Waals surface area contributed by atoms with E-state index in [9.17, 15) is 4.79 Å². The molecule has 3 rings (SSSR count). The highest BCUT2D eigenvalue weighted by molar-refractivity contribution is 7.99. The first-order valence-electron chi connectivity index (χ1n) is 6.20. The SMILES string of the molecule is O=C(CSc1nc2ncccc2[nH]1)Nc1cccc(Cl)c1. The van der Waals surface area contributed by atoms with Crippen molar-refractivity contribution in [3.05, 3.63) is 47.6 Å². The van der Waals surface area contributed by atoms with Gasteiger partial charge >= 0.3 is 0 Å². The predicted octanol–water partition coefficient (Wildman–Crippen LogP) is 3.34. The van der Waals surface area contributed by atoms with Gasteiger partial charge in [0.1, 0.15) is 0 Å². The van der Waals surface area contributed by atoms with E-state index in [1.807, 2.05) is 12.1 Å². The molecule has 7 heteroatoms.